The van der Waals surface area contributed by atoms with Crippen molar-refractivity contribution in [2.24, 2.45) is 0 Å². The molecule has 0 radical (unpaired) electrons. The van der Waals surface area contributed by atoms with Crippen LogP contribution in [0.25, 0.3) is 0 Å². The summed E-state index contributed by atoms with van der Waals surface area (Å²) < 4.78 is 50.6. The minimum atomic E-state index is -4.47. The first-order valence-electron chi connectivity index (χ1n) is 6.45. The molecule has 10 heteroatoms. The van der Waals surface area contributed by atoms with Crippen LogP contribution < -0.4 is 5.32 Å². The molecule has 1 amide bonds. The number of amides is 1. The molecule has 0 fully saturated rings. The van der Waals surface area contributed by atoms with E-state index in [0.29, 0.717) is 0 Å². The molecule has 2 aromatic rings. The van der Waals surface area contributed by atoms with Gasteiger partial charge in [0.15, 0.2) is 0 Å². The summed E-state index contributed by atoms with van der Waals surface area (Å²) >= 11 is 0. The first kappa shape index (κ1) is 17.1. The van der Waals surface area contributed by atoms with Crippen molar-refractivity contribution >= 4 is 22.4 Å². The SMILES string of the molecule is C[S@](=O)c1nncn1CCC(=O)Nc1cccc(C(F)(F)F)c1. The first-order chi connectivity index (χ1) is 10.8. The first-order valence-corrected chi connectivity index (χ1v) is 8.01. The van der Waals surface area contributed by atoms with Crippen molar-refractivity contribution in [3.63, 3.8) is 0 Å². The molecule has 23 heavy (non-hydrogen) atoms. The Kier molecular flexibility index (Phi) is 5.14. The van der Waals surface area contributed by atoms with Crippen molar-refractivity contribution < 1.29 is 22.2 Å². The molecule has 0 aliphatic carbocycles. The van der Waals surface area contributed by atoms with Gasteiger partial charge in [0, 0.05) is 24.9 Å². The molecule has 0 aliphatic heterocycles. The molecule has 0 saturated carbocycles. The fourth-order valence-electron chi connectivity index (χ4n) is 1.84. The van der Waals surface area contributed by atoms with Crippen molar-refractivity contribution in [1.82, 2.24) is 14.8 Å². The van der Waals surface area contributed by atoms with E-state index in [4.69, 9.17) is 0 Å². The lowest BCUT2D eigenvalue weighted by atomic mass is 10.2. The van der Waals surface area contributed by atoms with Gasteiger partial charge in [-0.3, -0.25) is 9.00 Å². The summed E-state index contributed by atoms with van der Waals surface area (Å²) in [6.07, 6.45) is -1.71. The standard InChI is InChI=1S/C13H13F3N4O2S/c1-23(22)12-19-17-8-20(12)6-5-11(21)18-10-4-2-3-9(7-10)13(14,15)16/h2-4,7-8H,5-6H2,1H3,(H,18,21)/t23-/m0/s1. The molecule has 0 spiro atoms. The maximum Gasteiger partial charge on any atom is 0.416 e. The normalized spacial score (nSPS) is 12.9. The molecule has 0 unspecified atom stereocenters. The number of halogens is 3. The number of nitrogens with zero attached hydrogens (tertiary/aromatic N) is 3. The molecule has 6 nitrogen and oxygen atoms in total. The number of aryl methyl sites for hydroxylation is 1. The Morgan fingerprint density at radius 1 is 1.39 bits per heavy atom. The summed E-state index contributed by atoms with van der Waals surface area (Å²) in [6, 6.07) is 4.38. The van der Waals surface area contributed by atoms with Crippen LogP contribution in [-0.2, 0) is 28.3 Å². The number of carbonyl (C=O) groups is 1. The minimum Gasteiger partial charge on any atom is -0.326 e. The Balaban J connectivity index is 1.98. The van der Waals surface area contributed by atoms with Crippen LogP contribution >= 0.6 is 0 Å². The van der Waals surface area contributed by atoms with Crippen LogP contribution in [0.3, 0.4) is 0 Å². The molecule has 2 rings (SSSR count). The third kappa shape index (κ3) is 4.62. The maximum absolute atomic E-state index is 12.6. The van der Waals surface area contributed by atoms with Gasteiger partial charge in [-0.1, -0.05) is 6.07 Å². The highest BCUT2D eigenvalue weighted by Gasteiger charge is 2.30. The number of hydrogen-bond acceptors (Lipinski definition) is 4. The number of benzene rings is 1. The zero-order valence-electron chi connectivity index (χ0n) is 12.0. The third-order valence-corrected chi connectivity index (χ3v) is 3.72. The monoisotopic (exact) mass is 346 g/mol. The van der Waals surface area contributed by atoms with Gasteiger partial charge >= 0.3 is 6.18 Å². The van der Waals surface area contributed by atoms with E-state index in [2.05, 4.69) is 15.5 Å². The summed E-state index contributed by atoms with van der Waals surface area (Å²) in [7, 11) is -1.34. The Morgan fingerprint density at radius 2 is 2.13 bits per heavy atom. The lowest BCUT2D eigenvalue weighted by Crippen LogP contribution is -2.16. The molecule has 1 N–H and O–H groups in total. The predicted octanol–water partition coefficient (Wildman–Crippen LogP) is 2.06. The van der Waals surface area contributed by atoms with Crippen LogP contribution in [-0.4, -0.2) is 31.1 Å². The van der Waals surface area contributed by atoms with Gasteiger partial charge in [-0.2, -0.15) is 13.2 Å². The lowest BCUT2D eigenvalue weighted by molar-refractivity contribution is -0.137. The van der Waals surface area contributed by atoms with E-state index >= 15 is 0 Å². The van der Waals surface area contributed by atoms with E-state index in [9.17, 15) is 22.2 Å². The quantitative estimate of drug-likeness (QED) is 0.899. The van der Waals surface area contributed by atoms with Gasteiger partial charge in [0.05, 0.1) is 16.4 Å². The smallest absolute Gasteiger partial charge is 0.326 e. The number of hydrogen-bond donors (Lipinski definition) is 1. The van der Waals surface area contributed by atoms with Crippen molar-refractivity contribution in [2.75, 3.05) is 11.6 Å². The van der Waals surface area contributed by atoms with Crippen LogP contribution in [0, 0.1) is 0 Å². The van der Waals surface area contributed by atoms with Gasteiger partial charge in [-0.25, -0.2) is 0 Å². The van der Waals surface area contributed by atoms with E-state index in [1.54, 1.807) is 0 Å². The van der Waals surface area contributed by atoms with Gasteiger partial charge in [-0.15, -0.1) is 10.2 Å². The molecule has 0 bridgehead atoms. The van der Waals surface area contributed by atoms with Gasteiger partial charge in [-0.05, 0) is 18.2 Å². The number of anilines is 1. The summed E-state index contributed by atoms with van der Waals surface area (Å²) in [4.78, 5) is 11.8. The van der Waals surface area contributed by atoms with E-state index in [-0.39, 0.29) is 23.8 Å². The average Bonchev–Trinajstić information content (AvgIpc) is 2.93. The highest BCUT2D eigenvalue weighted by molar-refractivity contribution is 7.84. The van der Waals surface area contributed by atoms with Crippen molar-refractivity contribution in [3.05, 3.63) is 36.2 Å². The molecule has 124 valence electrons. The number of carbonyl (C=O) groups excluding carboxylic acids is 1. The molecule has 0 saturated heterocycles. The molecule has 1 atom stereocenters. The van der Waals surface area contributed by atoms with Gasteiger partial charge in [0.25, 0.3) is 0 Å². The summed E-state index contributed by atoms with van der Waals surface area (Å²) in [5, 5.41) is 9.91. The van der Waals surface area contributed by atoms with Crippen LogP contribution in [0.1, 0.15) is 12.0 Å². The van der Waals surface area contributed by atoms with Crippen molar-refractivity contribution in [1.29, 1.82) is 0 Å². The van der Waals surface area contributed by atoms with Crippen LogP contribution in [0.5, 0.6) is 0 Å². The molecule has 1 heterocycles. The van der Waals surface area contributed by atoms with Crippen LogP contribution in [0.2, 0.25) is 0 Å². The Hall–Kier alpha value is -2.23. The van der Waals surface area contributed by atoms with Crippen LogP contribution in [0.4, 0.5) is 18.9 Å². The topological polar surface area (TPSA) is 76.9 Å². The highest BCUT2D eigenvalue weighted by Crippen LogP contribution is 2.30. The highest BCUT2D eigenvalue weighted by atomic mass is 32.2. The fourth-order valence-corrected chi connectivity index (χ4v) is 2.47. The summed E-state index contributed by atoms with van der Waals surface area (Å²) in [5.74, 6) is -0.467. The van der Waals surface area contributed by atoms with Crippen molar-refractivity contribution in [2.45, 2.75) is 24.3 Å². The summed E-state index contributed by atoms with van der Waals surface area (Å²) in [6.45, 7) is 0.173. The number of rotatable bonds is 5. The van der Waals surface area contributed by atoms with Crippen LogP contribution in [0.15, 0.2) is 35.7 Å². The molecule has 1 aromatic heterocycles. The zero-order valence-corrected chi connectivity index (χ0v) is 12.8. The van der Waals surface area contributed by atoms with Gasteiger partial charge < -0.3 is 9.88 Å². The third-order valence-electron chi connectivity index (χ3n) is 2.89. The Morgan fingerprint density at radius 3 is 2.78 bits per heavy atom. The Bertz CT molecular complexity index is 730. The minimum absolute atomic E-state index is 0.0154. The number of alkyl halides is 3. The van der Waals surface area contributed by atoms with E-state index in [1.165, 1.54) is 29.3 Å². The number of aromatic nitrogens is 3. The second kappa shape index (κ2) is 6.90. The maximum atomic E-state index is 12.6. The van der Waals surface area contributed by atoms with Gasteiger partial charge in [0.1, 0.15) is 6.33 Å². The average molecular weight is 346 g/mol. The number of nitrogens with one attached hydrogen (secondary N) is 1. The van der Waals surface area contributed by atoms with E-state index in [1.807, 2.05) is 0 Å². The Labute approximate surface area is 132 Å². The lowest BCUT2D eigenvalue weighted by Gasteiger charge is -2.10. The predicted molar refractivity (Wildman–Crippen MR) is 77.0 cm³/mol. The molecular weight excluding hydrogens is 333 g/mol. The van der Waals surface area contributed by atoms with E-state index in [0.717, 1.165) is 12.1 Å². The van der Waals surface area contributed by atoms with Crippen molar-refractivity contribution in [3.8, 4) is 0 Å². The van der Waals surface area contributed by atoms with E-state index < -0.39 is 28.4 Å². The molecule has 1 aromatic carbocycles. The molecule has 0 aliphatic rings. The second-order valence-corrected chi connectivity index (χ2v) is 5.91. The largest absolute Gasteiger partial charge is 0.416 e. The fraction of sp³-hybridized carbons (Fsp3) is 0.308. The zero-order chi connectivity index (χ0) is 17.0. The van der Waals surface area contributed by atoms with Gasteiger partial charge in [0.2, 0.25) is 11.1 Å². The second-order valence-electron chi connectivity index (χ2n) is 4.64. The molecular formula is C13H13F3N4O2S. The summed E-state index contributed by atoms with van der Waals surface area (Å²) in [5.41, 5.74) is -0.773.